The largest absolute Gasteiger partial charge is 0.486 e. The highest BCUT2D eigenvalue weighted by Gasteiger charge is 2.39. The van der Waals surface area contributed by atoms with Crippen LogP contribution in [0.25, 0.3) is 0 Å². The number of H-pyrrole nitrogens is 1. The summed E-state index contributed by atoms with van der Waals surface area (Å²) in [5.41, 5.74) is 1.74. The first kappa shape index (κ1) is 17.8. The molecule has 8 nitrogen and oxygen atoms in total. The smallest absolute Gasteiger partial charge is 0.332 e. The van der Waals surface area contributed by atoms with E-state index in [0.29, 0.717) is 29.2 Å². The number of fused-ring (bicyclic) bond motifs is 1. The molecule has 1 aromatic carbocycles. The molecule has 1 amide bonds. The van der Waals surface area contributed by atoms with Gasteiger partial charge in [0.15, 0.2) is 11.8 Å². The summed E-state index contributed by atoms with van der Waals surface area (Å²) < 4.78 is 11.4. The number of aliphatic carboxylic acids is 1. The Hall–Kier alpha value is -3.55. The van der Waals surface area contributed by atoms with Gasteiger partial charge in [-0.1, -0.05) is 18.2 Å². The zero-order chi connectivity index (χ0) is 19.7. The average Bonchev–Trinajstić information content (AvgIpc) is 3.32. The lowest BCUT2D eigenvalue weighted by Crippen LogP contribution is -2.43. The van der Waals surface area contributed by atoms with E-state index in [0.717, 1.165) is 5.69 Å². The number of ether oxygens (including phenoxy) is 1. The maximum atomic E-state index is 13.0. The van der Waals surface area contributed by atoms with Gasteiger partial charge in [-0.05, 0) is 25.1 Å². The van der Waals surface area contributed by atoms with Crippen LogP contribution in [0.1, 0.15) is 39.3 Å². The monoisotopic (exact) mass is 381 g/mol. The second-order valence-corrected chi connectivity index (χ2v) is 6.58. The minimum Gasteiger partial charge on any atom is -0.486 e. The molecule has 2 aromatic heterocycles. The minimum absolute atomic E-state index is 0.122. The molecular formula is C20H19N3O5. The molecule has 0 spiro atoms. The molecule has 1 aliphatic rings. The summed E-state index contributed by atoms with van der Waals surface area (Å²) in [5, 5.41) is 9.66. The van der Waals surface area contributed by atoms with Gasteiger partial charge in [0.05, 0.1) is 12.0 Å². The minimum atomic E-state index is -1.14. The van der Waals surface area contributed by atoms with Crippen molar-refractivity contribution in [2.24, 2.45) is 0 Å². The van der Waals surface area contributed by atoms with Crippen molar-refractivity contribution in [2.45, 2.75) is 26.0 Å². The first-order chi connectivity index (χ1) is 13.5. The molecule has 0 unspecified atom stereocenters. The number of nitrogens with one attached hydrogen (secondary N) is 1. The van der Waals surface area contributed by atoms with Crippen LogP contribution in [0.3, 0.4) is 0 Å². The molecule has 0 bridgehead atoms. The van der Waals surface area contributed by atoms with Crippen LogP contribution in [0, 0.1) is 6.92 Å². The molecule has 2 N–H and O–H groups in total. The molecule has 1 aliphatic heterocycles. The van der Waals surface area contributed by atoms with E-state index in [2.05, 4.69) is 9.97 Å². The number of carboxylic acids is 1. The van der Waals surface area contributed by atoms with Crippen LogP contribution >= 0.6 is 0 Å². The number of nitrogens with zero attached hydrogens (tertiary/aromatic N) is 2. The highest BCUT2D eigenvalue weighted by Crippen LogP contribution is 2.30. The van der Waals surface area contributed by atoms with E-state index in [9.17, 15) is 14.7 Å². The van der Waals surface area contributed by atoms with Crippen LogP contribution in [-0.2, 0) is 17.8 Å². The topological polar surface area (TPSA) is 109 Å². The summed E-state index contributed by atoms with van der Waals surface area (Å²) in [7, 11) is 0. The number of carbonyl (C=O) groups excluding carboxylic acids is 1. The fraction of sp³-hybridized carbons (Fsp3) is 0.250. The Kier molecular flexibility index (Phi) is 4.60. The number of aromatic amines is 1. The molecule has 0 saturated carbocycles. The van der Waals surface area contributed by atoms with Gasteiger partial charge in [-0.3, -0.25) is 4.79 Å². The number of furan rings is 1. The Morgan fingerprint density at radius 3 is 2.89 bits per heavy atom. The van der Waals surface area contributed by atoms with Crippen LogP contribution in [0.4, 0.5) is 0 Å². The summed E-state index contributed by atoms with van der Waals surface area (Å²) in [5.74, 6) is -0.286. The van der Waals surface area contributed by atoms with Gasteiger partial charge in [-0.25, -0.2) is 9.78 Å². The molecule has 0 aliphatic carbocycles. The molecule has 3 aromatic rings. The molecule has 0 radical (unpaired) electrons. The van der Waals surface area contributed by atoms with E-state index in [1.54, 1.807) is 13.0 Å². The van der Waals surface area contributed by atoms with Gasteiger partial charge in [-0.2, -0.15) is 0 Å². The highest BCUT2D eigenvalue weighted by atomic mass is 16.5. The molecular weight excluding hydrogens is 362 g/mol. The predicted molar refractivity (Wildman–Crippen MR) is 97.9 cm³/mol. The number of rotatable bonds is 5. The standard InChI is InChI=1S/C20H19N3O5/c1-12-9-14(10-27-13-5-3-2-4-6-13)28-18(12)19(24)23-8-7-15-16(22-11-21-15)17(23)20(25)26/h2-6,9,11,17H,7-8,10H2,1H3,(H,21,22)(H,25,26)/t17-/m1/s1. The number of aromatic nitrogens is 2. The van der Waals surface area contributed by atoms with E-state index in [1.165, 1.54) is 11.2 Å². The maximum absolute atomic E-state index is 13.0. The number of aryl methyl sites for hydroxylation is 1. The van der Waals surface area contributed by atoms with Crippen molar-refractivity contribution < 1.29 is 23.8 Å². The molecule has 0 saturated heterocycles. The second kappa shape index (κ2) is 7.22. The van der Waals surface area contributed by atoms with Gasteiger partial charge < -0.3 is 24.1 Å². The number of para-hydroxylation sites is 1. The molecule has 8 heteroatoms. The number of hydrogen-bond acceptors (Lipinski definition) is 5. The van der Waals surface area contributed by atoms with Crippen LogP contribution in [0.2, 0.25) is 0 Å². The Morgan fingerprint density at radius 2 is 2.14 bits per heavy atom. The first-order valence-corrected chi connectivity index (χ1v) is 8.87. The molecule has 1 atom stereocenters. The summed E-state index contributed by atoms with van der Waals surface area (Å²) in [6.45, 7) is 2.19. The van der Waals surface area contributed by atoms with Crippen LogP contribution in [0.5, 0.6) is 5.75 Å². The van der Waals surface area contributed by atoms with Crippen molar-refractivity contribution in [3.05, 3.63) is 71.2 Å². The predicted octanol–water partition coefficient (Wildman–Crippen LogP) is 2.71. The number of carbonyl (C=O) groups is 2. The van der Waals surface area contributed by atoms with E-state index >= 15 is 0 Å². The van der Waals surface area contributed by atoms with Crippen LogP contribution in [-0.4, -0.2) is 38.4 Å². The van der Waals surface area contributed by atoms with Crippen molar-refractivity contribution in [3.63, 3.8) is 0 Å². The molecule has 4 rings (SSSR count). The zero-order valence-corrected chi connectivity index (χ0v) is 15.2. The Bertz CT molecular complexity index is 1010. The first-order valence-electron chi connectivity index (χ1n) is 8.87. The van der Waals surface area contributed by atoms with Gasteiger partial charge in [0.25, 0.3) is 5.91 Å². The number of imidazole rings is 1. The van der Waals surface area contributed by atoms with E-state index in [1.807, 2.05) is 30.3 Å². The van der Waals surface area contributed by atoms with Crippen molar-refractivity contribution in [1.82, 2.24) is 14.9 Å². The van der Waals surface area contributed by atoms with Crippen LogP contribution < -0.4 is 4.74 Å². The average molecular weight is 381 g/mol. The Balaban J connectivity index is 1.55. The summed E-state index contributed by atoms with van der Waals surface area (Å²) in [6, 6.07) is 9.87. The van der Waals surface area contributed by atoms with E-state index in [4.69, 9.17) is 9.15 Å². The molecule has 0 fully saturated rings. The number of hydrogen-bond donors (Lipinski definition) is 2. The number of benzene rings is 1. The van der Waals surface area contributed by atoms with E-state index in [-0.39, 0.29) is 18.9 Å². The SMILES string of the molecule is Cc1cc(COc2ccccc2)oc1C(=O)N1CCc2[nH]cnc2[C@@H]1C(=O)O. The van der Waals surface area contributed by atoms with Crippen molar-refractivity contribution in [1.29, 1.82) is 0 Å². The highest BCUT2D eigenvalue weighted by molar-refractivity contribution is 5.96. The van der Waals surface area contributed by atoms with E-state index < -0.39 is 17.9 Å². The number of amides is 1. The number of carboxylic acid groups (broad SMARTS) is 1. The maximum Gasteiger partial charge on any atom is 0.332 e. The quantitative estimate of drug-likeness (QED) is 0.703. The molecule has 28 heavy (non-hydrogen) atoms. The van der Waals surface area contributed by atoms with Crippen LogP contribution in [0.15, 0.2) is 47.1 Å². The normalized spacial score (nSPS) is 15.9. The summed E-state index contributed by atoms with van der Waals surface area (Å²) >= 11 is 0. The van der Waals surface area contributed by atoms with Gasteiger partial charge in [-0.15, -0.1) is 0 Å². The summed E-state index contributed by atoms with van der Waals surface area (Å²) in [4.78, 5) is 33.2. The lowest BCUT2D eigenvalue weighted by Gasteiger charge is -2.31. The second-order valence-electron chi connectivity index (χ2n) is 6.58. The molecule has 3 heterocycles. The fourth-order valence-corrected chi connectivity index (χ4v) is 3.38. The summed E-state index contributed by atoms with van der Waals surface area (Å²) in [6.07, 6.45) is 1.96. The van der Waals surface area contributed by atoms with Gasteiger partial charge >= 0.3 is 5.97 Å². The van der Waals surface area contributed by atoms with Gasteiger partial charge in [0.2, 0.25) is 0 Å². The van der Waals surface area contributed by atoms with Gasteiger partial charge in [0.1, 0.15) is 18.1 Å². The lowest BCUT2D eigenvalue weighted by atomic mass is 10.0. The van der Waals surface area contributed by atoms with Gasteiger partial charge in [0, 0.05) is 24.2 Å². The van der Waals surface area contributed by atoms with Crippen molar-refractivity contribution in [3.8, 4) is 5.75 Å². The Morgan fingerprint density at radius 1 is 1.36 bits per heavy atom. The van der Waals surface area contributed by atoms with Crippen molar-refractivity contribution >= 4 is 11.9 Å². The zero-order valence-electron chi connectivity index (χ0n) is 15.2. The third-order valence-corrected chi connectivity index (χ3v) is 4.71. The third-order valence-electron chi connectivity index (χ3n) is 4.71. The third kappa shape index (κ3) is 3.24. The molecule has 144 valence electrons. The lowest BCUT2D eigenvalue weighted by molar-refractivity contribution is -0.143. The van der Waals surface area contributed by atoms with Crippen molar-refractivity contribution in [2.75, 3.05) is 6.54 Å². The fourth-order valence-electron chi connectivity index (χ4n) is 3.38. The Labute approximate surface area is 160 Å².